The lowest BCUT2D eigenvalue weighted by Gasteiger charge is -2.12. The van der Waals surface area contributed by atoms with E-state index in [2.05, 4.69) is 23.5 Å². The van der Waals surface area contributed by atoms with Crippen molar-refractivity contribution in [3.05, 3.63) is 12.4 Å². The van der Waals surface area contributed by atoms with Crippen molar-refractivity contribution in [2.45, 2.75) is 45.2 Å². The molecule has 0 spiro atoms. The molecule has 1 aromatic heterocycles. The summed E-state index contributed by atoms with van der Waals surface area (Å²) in [5.74, 6) is 0.913. The van der Waals surface area contributed by atoms with Gasteiger partial charge in [0.05, 0.1) is 25.0 Å². The highest BCUT2D eigenvalue weighted by Gasteiger charge is 2.23. The highest BCUT2D eigenvalue weighted by molar-refractivity contribution is 5.39. The van der Waals surface area contributed by atoms with E-state index >= 15 is 0 Å². The third-order valence-corrected chi connectivity index (χ3v) is 3.65. The van der Waals surface area contributed by atoms with Gasteiger partial charge in [-0.1, -0.05) is 13.3 Å². The molecule has 2 atom stereocenters. The summed E-state index contributed by atoms with van der Waals surface area (Å²) in [5.41, 5.74) is 1.14. The van der Waals surface area contributed by atoms with Crippen molar-refractivity contribution in [1.82, 2.24) is 9.78 Å². The molecule has 0 radical (unpaired) electrons. The molecule has 0 aromatic carbocycles. The number of ether oxygens (including phenoxy) is 1. The largest absolute Gasteiger partial charge is 0.383 e. The van der Waals surface area contributed by atoms with Gasteiger partial charge in [0.1, 0.15) is 0 Å². The lowest BCUT2D eigenvalue weighted by molar-refractivity contribution is 0.183. The number of methoxy groups -OCH3 is 1. The molecule has 1 N–H and O–H groups in total. The van der Waals surface area contributed by atoms with Gasteiger partial charge in [0.2, 0.25) is 0 Å². The molecule has 2 rings (SSSR count). The molecule has 1 aromatic rings. The maximum atomic E-state index is 5.04. The summed E-state index contributed by atoms with van der Waals surface area (Å²) in [6.07, 6.45) is 9.26. The first-order valence-electron chi connectivity index (χ1n) is 6.59. The van der Waals surface area contributed by atoms with E-state index in [1.165, 1.54) is 25.7 Å². The minimum atomic E-state index is 0.639. The summed E-state index contributed by atoms with van der Waals surface area (Å²) in [5, 5.41) is 7.89. The fraction of sp³-hybridized carbons (Fsp3) is 0.769. The number of nitrogens with zero attached hydrogens (tertiary/aromatic N) is 2. The fourth-order valence-electron chi connectivity index (χ4n) is 2.56. The summed E-state index contributed by atoms with van der Waals surface area (Å²) < 4.78 is 6.96. The van der Waals surface area contributed by atoms with E-state index in [1.807, 2.05) is 10.9 Å². The quantitative estimate of drug-likeness (QED) is 0.826. The van der Waals surface area contributed by atoms with Crippen molar-refractivity contribution in [3.8, 4) is 0 Å². The van der Waals surface area contributed by atoms with Crippen LogP contribution in [0, 0.1) is 5.92 Å². The summed E-state index contributed by atoms with van der Waals surface area (Å²) in [6, 6.07) is 0.639. The molecule has 0 saturated heterocycles. The standard InChI is InChI=1S/C13H23N3O/c1-3-11-4-5-12(8-11)15-13-9-14-16(10-13)6-7-17-2/h9-12,15H,3-8H2,1-2H3. The summed E-state index contributed by atoms with van der Waals surface area (Å²) in [7, 11) is 1.71. The van der Waals surface area contributed by atoms with Crippen molar-refractivity contribution in [1.29, 1.82) is 0 Å². The minimum absolute atomic E-state index is 0.639. The first-order chi connectivity index (χ1) is 8.31. The fourth-order valence-corrected chi connectivity index (χ4v) is 2.56. The van der Waals surface area contributed by atoms with Crippen molar-refractivity contribution in [3.63, 3.8) is 0 Å². The van der Waals surface area contributed by atoms with Gasteiger partial charge in [0.15, 0.2) is 0 Å². The second-order valence-electron chi connectivity index (χ2n) is 4.91. The Labute approximate surface area is 103 Å². The molecule has 4 heteroatoms. The van der Waals surface area contributed by atoms with Crippen molar-refractivity contribution in [2.75, 3.05) is 19.0 Å². The minimum Gasteiger partial charge on any atom is -0.383 e. The van der Waals surface area contributed by atoms with E-state index in [0.717, 1.165) is 18.2 Å². The van der Waals surface area contributed by atoms with Crippen LogP contribution in [0.5, 0.6) is 0 Å². The SMILES string of the molecule is CCC1CCC(Nc2cnn(CCOC)c2)C1. The van der Waals surface area contributed by atoms with Gasteiger partial charge in [0.25, 0.3) is 0 Å². The first kappa shape index (κ1) is 12.4. The van der Waals surface area contributed by atoms with Gasteiger partial charge in [-0.05, 0) is 25.2 Å². The predicted octanol–water partition coefficient (Wildman–Crippen LogP) is 2.52. The molecule has 0 bridgehead atoms. The first-order valence-corrected chi connectivity index (χ1v) is 6.59. The number of hydrogen-bond donors (Lipinski definition) is 1. The van der Waals surface area contributed by atoms with Crippen LogP contribution in [-0.4, -0.2) is 29.5 Å². The lowest BCUT2D eigenvalue weighted by atomic mass is 10.1. The Morgan fingerprint density at radius 1 is 1.53 bits per heavy atom. The van der Waals surface area contributed by atoms with Crippen LogP contribution in [0.2, 0.25) is 0 Å². The van der Waals surface area contributed by atoms with Crippen LogP contribution in [0.15, 0.2) is 12.4 Å². The molecule has 1 aliphatic rings. The van der Waals surface area contributed by atoms with E-state index in [-0.39, 0.29) is 0 Å². The Balaban J connectivity index is 1.80. The normalized spacial score (nSPS) is 24.1. The average molecular weight is 237 g/mol. The van der Waals surface area contributed by atoms with E-state index in [9.17, 15) is 0 Å². The molecule has 17 heavy (non-hydrogen) atoms. The molecular formula is C13H23N3O. The zero-order valence-electron chi connectivity index (χ0n) is 10.9. The lowest BCUT2D eigenvalue weighted by Crippen LogP contribution is -2.15. The molecule has 1 fully saturated rings. The molecule has 1 aliphatic carbocycles. The van der Waals surface area contributed by atoms with Gasteiger partial charge >= 0.3 is 0 Å². The van der Waals surface area contributed by atoms with Crippen molar-refractivity contribution >= 4 is 5.69 Å². The number of nitrogens with one attached hydrogen (secondary N) is 1. The third-order valence-electron chi connectivity index (χ3n) is 3.65. The van der Waals surface area contributed by atoms with Gasteiger partial charge < -0.3 is 10.1 Å². The topological polar surface area (TPSA) is 39.1 Å². The van der Waals surface area contributed by atoms with Crippen molar-refractivity contribution < 1.29 is 4.74 Å². The van der Waals surface area contributed by atoms with Crippen LogP contribution in [0.3, 0.4) is 0 Å². The number of aromatic nitrogens is 2. The second kappa shape index (κ2) is 6.05. The molecule has 1 saturated carbocycles. The Morgan fingerprint density at radius 2 is 2.41 bits per heavy atom. The van der Waals surface area contributed by atoms with Crippen molar-refractivity contribution in [2.24, 2.45) is 5.92 Å². The maximum Gasteiger partial charge on any atom is 0.0728 e. The van der Waals surface area contributed by atoms with Crippen LogP contribution >= 0.6 is 0 Å². The average Bonchev–Trinajstić information content (AvgIpc) is 2.96. The highest BCUT2D eigenvalue weighted by Crippen LogP contribution is 2.29. The summed E-state index contributed by atoms with van der Waals surface area (Å²) in [4.78, 5) is 0. The van der Waals surface area contributed by atoms with E-state index in [4.69, 9.17) is 4.74 Å². The molecule has 0 aliphatic heterocycles. The van der Waals surface area contributed by atoms with Gasteiger partial charge in [-0.3, -0.25) is 4.68 Å². The summed E-state index contributed by atoms with van der Waals surface area (Å²) in [6.45, 7) is 3.82. The van der Waals surface area contributed by atoms with Gasteiger partial charge in [-0.2, -0.15) is 5.10 Å². The van der Waals surface area contributed by atoms with Crippen LogP contribution in [0.25, 0.3) is 0 Å². The summed E-state index contributed by atoms with van der Waals surface area (Å²) >= 11 is 0. The van der Waals surface area contributed by atoms with E-state index in [0.29, 0.717) is 12.6 Å². The van der Waals surface area contributed by atoms with Gasteiger partial charge in [0, 0.05) is 19.3 Å². The Bertz CT molecular complexity index is 337. The van der Waals surface area contributed by atoms with Crippen LogP contribution in [-0.2, 0) is 11.3 Å². The van der Waals surface area contributed by atoms with E-state index in [1.54, 1.807) is 7.11 Å². The second-order valence-corrected chi connectivity index (χ2v) is 4.91. The smallest absolute Gasteiger partial charge is 0.0728 e. The molecular weight excluding hydrogens is 214 g/mol. The van der Waals surface area contributed by atoms with Crippen LogP contribution in [0.1, 0.15) is 32.6 Å². The highest BCUT2D eigenvalue weighted by atomic mass is 16.5. The molecule has 1 heterocycles. The molecule has 0 amide bonds. The monoisotopic (exact) mass is 237 g/mol. The maximum absolute atomic E-state index is 5.04. The Hall–Kier alpha value is -1.03. The molecule has 96 valence electrons. The number of rotatable bonds is 6. The Kier molecular flexibility index (Phi) is 4.42. The van der Waals surface area contributed by atoms with Crippen LogP contribution < -0.4 is 5.32 Å². The third kappa shape index (κ3) is 3.46. The zero-order valence-corrected chi connectivity index (χ0v) is 10.9. The Morgan fingerprint density at radius 3 is 3.12 bits per heavy atom. The number of hydrogen-bond acceptors (Lipinski definition) is 3. The van der Waals surface area contributed by atoms with E-state index < -0.39 is 0 Å². The van der Waals surface area contributed by atoms with Gasteiger partial charge in [-0.25, -0.2) is 0 Å². The number of anilines is 1. The van der Waals surface area contributed by atoms with Crippen LogP contribution in [0.4, 0.5) is 5.69 Å². The van der Waals surface area contributed by atoms with Gasteiger partial charge in [-0.15, -0.1) is 0 Å². The zero-order chi connectivity index (χ0) is 12.1. The molecule has 4 nitrogen and oxygen atoms in total. The molecule has 2 unspecified atom stereocenters. The predicted molar refractivity (Wildman–Crippen MR) is 69.1 cm³/mol.